The molecular formula is C16H22O3S. The van der Waals surface area contributed by atoms with Crippen LogP contribution in [-0.2, 0) is 0 Å². The summed E-state index contributed by atoms with van der Waals surface area (Å²) in [6.07, 6.45) is 6.43. The van der Waals surface area contributed by atoms with Crippen molar-refractivity contribution in [2.45, 2.75) is 37.4 Å². The summed E-state index contributed by atoms with van der Waals surface area (Å²) in [7, 11) is 3.19. The van der Waals surface area contributed by atoms with E-state index in [1.54, 1.807) is 38.1 Å². The molecule has 0 saturated heterocycles. The van der Waals surface area contributed by atoms with Crippen LogP contribution in [0.3, 0.4) is 0 Å². The van der Waals surface area contributed by atoms with Gasteiger partial charge in [-0.15, -0.1) is 0 Å². The van der Waals surface area contributed by atoms with Crippen LogP contribution in [0.2, 0.25) is 0 Å². The number of ketones is 1. The predicted octanol–water partition coefficient (Wildman–Crippen LogP) is 3.95. The van der Waals surface area contributed by atoms with Gasteiger partial charge in [0.1, 0.15) is 11.5 Å². The first-order valence-electron chi connectivity index (χ1n) is 7.11. The average molecular weight is 294 g/mol. The molecule has 1 fully saturated rings. The number of carbonyl (C=O) groups excluding carboxylic acids is 1. The molecule has 1 aromatic rings. The molecule has 0 atom stereocenters. The van der Waals surface area contributed by atoms with Gasteiger partial charge >= 0.3 is 0 Å². The van der Waals surface area contributed by atoms with Crippen molar-refractivity contribution in [1.82, 2.24) is 0 Å². The summed E-state index contributed by atoms with van der Waals surface area (Å²) >= 11 is 1.79. The first kappa shape index (κ1) is 15.2. The van der Waals surface area contributed by atoms with Crippen molar-refractivity contribution in [3.63, 3.8) is 0 Å². The van der Waals surface area contributed by atoms with Crippen LogP contribution in [0.15, 0.2) is 18.2 Å². The van der Waals surface area contributed by atoms with Crippen LogP contribution in [0.25, 0.3) is 0 Å². The summed E-state index contributed by atoms with van der Waals surface area (Å²) in [5.74, 6) is 1.96. The van der Waals surface area contributed by atoms with E-state index in [0.29, 0.717) is 28.1 Å². The van der Waals surface area contributed by atoms with E-state index >= 15 is 0 Å². The molecule has 3 nitrogen and oxygen atoms in total. The predicted molar refractivity (Wildman–Crippen MR) is 83.2 cm³/mol. The van der Waals surface area contributed by atoms with Crippen molar-refractivity contribution in [2.24, 2.45) is 0 Å². The van der Waals surface area contributed by atoms with E-state index in [9.17, 15) is 4.79 Å². The van der Waals surface area contributed by atoms with E-state index in [0.717, 1.165) is 0 Å². The van der Waals surface area contributed by atoms with Crippen LogP contribution in [0, 0.1) is 0 Å². The maximum Gasteiger partial charge on any atom is 0.176 e. The van der Waals surface area contributed by atoms with Gasteiger partial charge in [0.05, 0.1) is 25.5 Å². The lowest BCUT2D eigenvalue weighted by molar-refractivity contribution is 0.101. The second-order valence-corrected chi connectivity index (χ2v) is 6.35. The summed E-state index contributed by atoms with van der Waals surface area (Å²) < 4.78 is 10.5. The monoisotopic (exact) mass is 294 g/mol. The van der Waals surface area contributed by atoms with Gasteiger partial charge in [-0.1, -0.05) is 19.3 Å². The minimum Gasteiger partial charge on any atom is -0.497 e. The molecule has 4 heteroatoms. The van der Waals surface area contributed by atoms with E-state index in [4.69, 9.17) is 9.47 Å². The molecule has 0 heterocycles. The Morgan fingerprint density at radius 2 is 1.95 bits per heavy atom. The summed E-state index contributed by atoms with van der Waals surface area (Å²) in [4.78, 5) is 12.4. The molecule has 1 saturated carbocycles. The van der Waals surface area contributed by atoms with Gasteiger partial charge in [0, 0.05) is 5.25 Å². The van der Waals surface area contributed by atoms with Gasteiger partial charge in [0.15, 0.2) is 5.78 Å². The van der Waals surface area contributed by atoms with Crippen LogP contribution in [0.4, 0.5) is 0 Å². The van der Waals surface area contributed by atoms with Gasteiger partial charge in [-0.3, -0.25) is 4.79 Å². The van der Waals surface area contributed by atoms with Crippen molar-refractivity contribution < 1.29 is 14.3 Å². The number of benzene rings is 1. The first-order chi connectivity index (χ1) is 9.74. The number of thioether (sulfide) groups is 1. The lowest BCUT2D eigenvalue weighted by atomic mass is 10.0. The van der Waals surface area contributed by atoms with Crippen molar-refractivity contribution in [3.8, 4) is 11.5 Å². The fraction of sp³-hybridized carbons (Fsp3) is 0.562. The zero-order chi connectivity index (χ0) is 14.4. The molecule has 20 heavy (non-hydrogen) atoms. The third kappa shape index (κ3) is 3.92. The van der Waals surface area contributed by atoms with Crippen molar-refractivity contribution >= 4 is 17.5 Å². The molecule has 2 rings (SSSR count). The standard InChI is InChI=1S/C16H22O3S/c1-18-12-8-9-16(19-2)14(10-12)15(17)11-20-13-6-4-3-5-7-13/h8-10,13H,3-7,11H2,1-2H3. The summed E-state index contributed by atoms with van der Waals surface area (Å²) in [5, 5.41) is 0.643. The second-order valence-electron chi connectivity index (χ2n) is 5.06. The fourth-order valence-corrected chi connectivity index (χ4v) is 3.74. The molecule has 0 spiro atoms. The molecule has 0 unspecified atom stereocenters. The van der Waals surface area contributed by atoms with Gasteiger partial charge in [-0.25, -0.2) is 0 Å². The Balaban J connectivity index is 2.00. The highest BCUT2D eigenvalue weighted by Gasteiger charge is 2.18. The van der Waals surface area contributed by atoms with Crippen molar-refractivity contribution in [2.75, 3.05) is 20.0 Å². The number of hydrogen-bond donors (Lipinski definition) is 0. The van der Waals surface area contributed by atoms with E-state index < -0.39 is 0 Å². The molecule has 0 radical (unpaired) electrons. The Kier molecular flexibility index (Phi) is 5.77. The molecule has 0 aromatic heterocycles. The molecule has 0 bridgehead atoms. The number of hydrogen-bond acceptors (Lipinski definition) is 4. The van der Waals surface area contributed by atoms with E-state index in [1.165, 1.54) is 32.1 Å². The summed E-state index contributed by atoms with van der Waals surface area (Å²) in [5.41, 5.74) is 0.621. The van der Waals surface area contributed by atoms with Gasteiger partial charge < -0.3 is 9.47 Å². The summed E-state index contributed by atoms with van der Waals surface area (Å²) in [6, 6.07) is 5.36. The average Bonchev–Trinajstić information content (AvgIpc) is 2.52. The smallest absolute Gasteiger partial charge is 0.176 e. The topological polar surface area (TPSA) is 35.5 Å². The Morgan fingerprint density at radius 1 is 1.20 bits per heavy atom. The lowest BCUT2D eigenvalue weighted by Crippen LogP contribution is -2.13. The van der Waals surface area contributed by atoms with E-state index in [1.807, 2.05) is 6.07 Å². The second kappa shape index (κ2) is 7.58. The molecule has 0 aliphatic heterocycles. The molecule has 0 N–H and O–H groups in total. The van der Waals surface area contributed by atoms with Gasteiger partial charge in [0.25, 0.3) is 0 Å². The molecule has 110 valence electrons. The minimum absolute atomic E-state index is 0.122. The lowest BCUT2D eigenvalue weighted by Gasteiger charge is -2.20. The highest BCUT2D eigenvalue weighted by molar-refractivity contribution is 8.00. The highest BCUT2D eigenvalue weighted by atomic mass is 32.2. The molecule has 1 aliphatic rings. The Hall–Kier alpha value is -1.16. The Morgan fingerprint density at radius 3 is 2.60 bits per heavy atom. The molecule has 1 aliphatic carbocycles. The number of carbonyl (C=O) groups is 1. The number of rotatable bonds is 6. The Bertz CT molecular complexity index is 453. The van der Waals surface area contributed by atoms with Gasteiger partial charge in [-0.2, -0.15) is 11.8 Å². The number of ether oxygens (including phenoxy) is 2. The zero-order valence-corrected chi connectivity index (χ0v) is 13.0. The van der Waals surface area contributed by atoms with E-state index in [-0.39, 0.29) is 5.78 Å². The van der Waals surface area contributed by atoms with Crippen LogP contribution in [0.1, 0.15) is 42.5 Å². The quantitative estimate of drug-likeness (QED) is 0.744. The maximum absolute atomic E-state index is 12.4. The van der Waals surface area contributed by atoms with Gasteiger partial charge in [0.2, 0.25) is 0 Å². The largest absolute Gasteiger partial charge is 0.497 e. The van der Waals surface area contributed by atoms with Crippen LogP contribution >= 0.6 is 11.8 Å². The molecule has 1 aromatic carbocycles. The maximum atomic E-state index is 12.4. The van der Waals surface area contributed by atoms with Gasteiger partial charge in [-0.05, 0) is 31.0 Å². The van der Waals surface area contributed by atoms with Crippen molar-refractivity contribution in [1.29, 1.82) is 0 Å². The SMILES string of the molecule is COc1ccc(OC)c(C(=O)CSC2CCCCC2)c1. The third-order valence-electron chi connectivity index (χ3n) is 3.71. The van der Waals surface area contributed by atoms with Crippen LogP contribution in [-0.4, -0.2) is 31.0 Å². The highest BCUT2D eigenvalue weighted by Crippen LogP contribution is 2.30. The van der Waals surface area contributed by atoms with Crippen LogP contribution < -0.4 is 9.47 Å². The first-order valence-corrected chi connectivity index (χ1v) is 8.16. The fourth-order valence-electron chi connectivity index (χ4n) is 2.54. The third-order valence-corrected chi connectivity index (χ3v) is 5.08. The van der Waals surface area contributed by atoms with Crippen LogP contribution in [0.5, 0.6) is 11.5 Å². The number of methoxy groups -OCH3 is 2. The number of Topliss-reactive ketones (excluding diaryl/α,β-unsaturated/α-hetero) is 1. The minimum atomic E-state index is 0.122. The normalized spacial score (nSPS) is 15.9. The molecule has 0 amide bonds. The summed E-state index contributed by atoms with van der Waals surface area (Å²) in [6.45, 7) is 0. The zero-order valence-electron chi connectivity index (χ0n) is 12.2. The molecular weight excluding hydrogens is 272 g/mol. The van der Waals surface area contributed by atoms with E-state index in [2.05, 4.69) is 0 Å². The van der Waals surface area contributed by atoms with Crippen molar-refractivity contribution in [3.05, 3.63) is 23.8 Å². The Labute approximate surface area is 125 Å².